The van der Waals surface area contributed by atoms with Gasteiger partial charge in [-0.05, 0) is 50.9 Å². The zero-order valence-corrected chi connectivity index (χ0v) is 16.6. The molecule has 24 heavy (non-hydrogen) atoms. The van der Waals surface area contributed by atoms with Crippen molar-refractivity contribution in [3.05, 3.63) is 33.2 Å². The lowest BCUT2D eigenvalue weighted by Crippen LogP contribution is -1.94. The lowest BCUT2D eigenvalue weighted by atomic mass is 10.2. The highest BCUT2D eigenvalue weighted by molar-refractivity contribution is 9.11. The molecule has 0 saturated carbocycles. The van der Waals surface area contributed by atoms with Gasteiger partial charge in [0.25, 0.3) is 0 Å². The van der Waals surface area contributed by atoms with Gasteiger partial charge in [0.1, 0.15) is 11.6 Å². The lowest BCUT2D eigenvalue weighted by Gasteiger charge is -2.09. The third kappa shape index (κ3) is 3.10. The number of halogens is 2. The van der Waals surface area contributed by atoms with Crippen LogP contribution in [0.5, 0.6) is 17.2 Å². The number of H-pyrrole nitrogens is 1. The zero-order valence-electron chi connectivity index (χ0n) is 13.4. The molecule has 0 unspecified atom stereocenters. The van der Waals surface area contributed by atoms with Crippen molar-refractivity contribution in [2.75, 3.05) is 20.8 Å². The monoisotopic (exact) mass is 454 g/mol. The highest BCUT2D eigenvalue weighted by Crippen LogP contribution is 2.38. The summed E-state index contributed by atoms with van der Waals surface area (Å²) >= 11 is 7.10. The molecule has 1 aromatic heterocycles. The van der Waals surface area contributed by atoms with Crippen LogP contribution in [0.15, 0.2) is 33.2 Å². The summed E-state index contributed by atoms with van der Waals surface area (Å²) in [5.41, 5.74) is 2.62. The van der Waals surface area contributed by atoms with Crippen molar-refractivity contribution in [3.63, 3.8) is 0 Å². The largest absolute Gasteiger partial charge is 0.493 e. The number of fused-ring (bicyclic) bond motifs is 1. The smallest absolute Gasteiger partial charge is 0.163 e. The first-order valence-electron chi connectivity index (χ1n) is 7.31. The molecule has 3 rings (SSSR count). The van der Waals surface area contributed by atoms with Crippen LogP contribution in [0.2, 0.25) is 0 Å². The van der Waals surface area contributed by atoms with E-state index in [1.54, 1.807) is 14.2 Å². The summed E-state index contributed by atoms with van der Waals surface area (Å²) in [6.45, 7) is 2.55. The van der Waals surface area contributed by atoms with E-state index in [9.17, 15) is 0 Å². The summed E-state index contributed by atoms with van der Waals surface area (Å²) < 4.78 is 18.0. The number of imidazole rings is 1. The number of aromatic nitrogens is 2. The molecule has 0 atom stereocenters. The highest BCUT2D eigenvalue weighted by Gasteiger charge is 2.14. The number of rotatable bonds is 5. The molecule has 0 saturated heterocycles. The van der Waals surface area contributed by atoms with Crippen LogP contribution in [0.25, 0.3) is 22.4 Å². The topological polar surface area (TPSA) is 56.4 Å². The molecule has 3 aromatic rings. The second kappa shape index (κ2) is 7.03. The summed E-state index contributed by atoms with van der Waals surface area (Å²) in [5.74, 6) is 2.84. The summed E-state index contributed by atoms with van der Waals surface area (Å²) in [5, 5.41) is 0. The molecule has 7 heteroatoms. The predicted octanol–water partition coefficient (Wildman–Crippen LogP) is 5.17. The third-order valence-corrected chi connectivity index (χ3v) is 4.73. The first-order chi connectivity index (χ1) is 11.6. The van der Waals surface area contributed by atoms with Crippen LogP contribution in [0.4, 0.5) is 0 Å². The first kappa shape index (κ1) is 17.1. The number of ether oxygens (including phenoxy) is 3. The van der Waals surface area contributed by atoms with Crippen LogP contribution >= 0.6 is 31.9 Å². The molecule has 0 amide bonds. The van der Waals surface area contributed by atoms with Gasteiger partial charge in [0.2, 0.25) is 0 Å². The van der Waals surface area contributed by atoms with Gasteiger partial charge in [-0.3, -0.25) is 0 Å². The van der Waals surface area contributed by atoms with E-state index in [0.29, 0.717) is 18.1 Å². The molecule has 0 spiro atoms. The van der Waals surface area contributed by atoms with Crippen molar-refractivity contribution in [2.45, 2.75) is 6.92 Å². The Labute approximate surface area is 156 Å². The molecular weight excluding hydrogens is 440 g/mol. The molecule has 126 valence electrons. The molecule has 0 bridgehead atoms. The fraction of sp³-hybridized carbons (Fsp3) is 0.235. The van der Waals surface area contributed by atoms with E-state index in [2.05, 4.69) is 41.8 Å². The molecule has 0 aliphatic carbocycles. The molecule has 5 nitrogen and oxygen atoms in total. The summed E-state index contributed by atoms with van der Waals surface area (Å²) in [6, 6.07) is 7.68. The fourth-order valence-corrected chi connectivity index (χ4v) is 3.87. The van der Waals surface area contributed by atoms with Gasteiger partial charge in [0.05, 0.1) is 40.8 Å². The van der Waals surface area contributed by atoms with Crippen molar-refractivity contribution in [2.24, 2.45) is 0 Å². The highest BCUT2D eigenvalue weighted by atomic mass is 79.9. The SMILES string of the molecule is CCOc1c(Br)cc(-c2nc3cc(OC)c(OC)cc3[nH]2)cc1Br. The van der Waals surface area contributed by atoms with Crippen molar-refractivity contribution < 1.29 is 14.2 Å². The Morgan fingerprint density at radius 3 is 2.21 bits per heavy atom. The Morgan fingerprint density at radius 2 is 1.62 bits per heavy atom. The van der Waals surface area contributed by atoms with E-state index in [-0.39, 0.29) is 0 Å². The van der Waals surface area contributed by atoms with Crippen molar-refractivity contribution >= 4 is 42.9 Å². The lowest BCUT2D eigenvalue weighted by molar-refractivity contribution is 0.336. The van der Waals surface area contributed by atoms with Gasteiger partial charge in [-0.15, -0.1) is 0 Å². The zero-order chi connectivity index (χ0) is 17.3. The molecule has 1 heterocycles. The average Bonchev–Trinajstić information content (AvgIpc) is 2.99. The van der Waals surface area contributed by atoms with Gasteiger partial charge < -0.3 is 19.2 Å². The maximum Gasteiger partial charge on any atom is 0.163 e. The van der Waals surface area contributed by atoms with Gasteiger partial charge in [-0.1, -0.05) is 0 Å². The minimum Gasteiger partial charge on any atom is -0.493 e. The summed E-state index contributed by atoms with van der Waals surface area (Å²) in [4.78, 5) is 7.97. The minimum atomic E-state index is 0.598. The number of methoxy groups -OCH3 is 2. The molecule has 0 aliphatic heterocycles. The second-order valence-electron chi connectivity index (χ2n) is 5.01. The van der Waals surface area contributed by atoms with Crippen LogP contribution < -0.4 is 14.2 Å². The van der Waals surface area contributed by atoms with Crippen LogP contribution in [-0.2, 0) is 0 Å². The fourth-order valence-electron chi connectivity index (χ4n) is 2.45. The van der Waals surface area contributed by atoms with Gasteiger partial charge in [-0.2, -0.15) is 0 Å². The van der Waals surface area contributed by atoms with Crippen LogP contribution in [0, 0.1) is 0 Å². The van der Waals surface area contributed by atoms with Crippen molar-refractivity contribution in [3.8, 4) is 28.6 Å². The third-order valence-electron chi connectivity index (χ3n) is 3.55. The van der Waals surface area contributed by atoms with E-state index in [0.717, 1.165) is 37.1 Å². The van der Waals surface area contributed by atoms with Crippen LogP contribution in [-0.4, -0.2) is 30.8 Å². The minimum absolute atomic E-state index is 0.598. The normalized spacial score (nSPS) is 10.9. The Balaban J connectivity index is 2.09. The first-order valence-corrected chi connectivity index (χ1v) is 8.90. The van der Waals surface area contributed by atoms with Crippen LogP contribution in [0.1, 0.15) is 6.92 Å². The number of benzene rings is 2. The molecule has 1 N–H and O–H groups in total. The van der Waals surface area contributed by atoms with E-state index >= 15 is 0 Å². The maximum atomic E-state index is 5.62. The summed E-state index contributed by atoms with van der Waals surface area (Å²) in [6.07, 6.45) is 0. The number of nitrogens with zero attached hydrogens (tertiary/aromatic N) is 1. The van der Waals surface area contributed by atoms with Gasteiger partial charge in [0, 0.05) is 17.7 Å². The Kier molecular flexibility index (Phi) is 5.01. The van der Waals surface area contributed by atoms with E-state index in [1.165, 1.54) is 0 Å². The van der Waals surface area contributed by atoms with Gasteiger partial charge in [-0.25, -0.2) is 4.98 Å². The van der Waals surface area contributed by atoms with Gasteiger partial charge >= 0.3 is 0 Å². The Morgan fingerprint density at radius 1 is 1.00 bits per heavy atom. The molecule has 0 fully saturated rings. The molecular formula is C17H16Br2N2O3. The number of hydrogen-bond acceptors (Lipinski definition) is 4. The molecule has 0 aliphatic rings. The Hall–Kier alpha value is -1.73. The van der Waals surface area contributed by atoms with Gasteiger partial charge in [0.15, 0.2) is 11.5 Å². The van der Waals surface area contributed by atoms with E-state index in [4.69, 9.17) is 14.2 Å². The quantitative estimate of drug-likeness (QED) is 0.576. The number of nitrogens with one attached hydrogen (secondary N) is 1. The maximum absolute atomic E-state index is 5.62. The summed E-state index contributed by atoms with van der Waals surface area (Å²) in [7, 11) is 3.22. The second-order valence-corrected chi connectivity index (χ2v) is 6.72. The van der Waals surface area contributed by atoms with Crippen LogP contribution in [0.3, 0.4) is 0 Å². The number of hydrogen-bond donors (Lipinski definition) is 1. The molecule has 2 aromatic carbocycles. The van der Waals surface area contributed by atoms with Crippen molar-refractivity contribution in [1.82, 2.24) is 9.97 Å². The standard InChI is InChI=1S/C17H16Br2N2O3/c1-4-24-16-10(18)5-9(6-11(16)19)17-20-12-7-14(22-2)15(23-3)8-13(12)21-17/h5-8H,4H2,1-3H3,(H,20,21). The molecule has 0 radical (unpaired) electrons. The van der Waals surface area contributed by atoms with E-state index in [1.807, 2.05) is 31.2 Å². The predicted molar refractivity (Wildman–Crippen MR) is 101 cm³/mol. The van der Waals surface area contributed by atoms with E-state index < -0.39 is 0 Å². The number of aromatic amines is 1. The average molecular weight is 456 g/mol. The Bertz CT molecular complexity index is 829. The van der Waals surface area contributed by atoms with Crippen molar-refractivity contribution in [1.29, 1.82) is 0 Å².